The van der Waals surface area contributed by atoms with Crippen molar-refractivity contribution in [3.8, 4) is 5.75 Å². The van der Waals surface area contributed by atoms with Crippen LogP contribution in [0.15, 0.2) is 42.5 Å². The molecule has 0 radical (unpaired) electrons. The second-order valence-corrected chi connectivity index (χ2v) is 7.13. The Hall–Kier alpha value is -2.86. The molecule has 5 nitrogen and oxygen atoms in total. The van der Waals surface area contributed by atoms with E-state index in [1.165, 1.54) is 17.2 Å². The van der Waals surface area contributed by atoms with Crippen LogP contribution in [0.1, 0.15) is 39.0 Å². The van der Waals surface area contributed by atoms with E-state index in [1.54, 1.807) is 12.1 Å². The van der Waals surface area contributed by atoms with Gasteiger partial charge >= 0.3 is 13.1 Å². The van der Waals surface area contributed by atoms with E-state index in [0.29, 0.717) is 18.4 Å². The lowest BCUT2D eigenvalue weighted by Crippen LogP contribution is -2.36. The summed E-state index contributed by atoms with van der Waals surface area (Å²) in [7, 11) is -1.19. The number of Topliss-reactive ketones (excluding diaryl/α,β-unsaturated/α-hetero) is 1. The van der Waals surface area contributed by atoms with Crippen LogP contribution in [0.3, 0.4) is 0 Å². The first-order valence-electron chi connectivity index (χ1n) is 9.01. The van der Waals surface area contributed by atoms with Gasteiger partial charge in [-0.15, -0.1) is 0 Å². The van der Waals surface area contributed by atoms with Crippen LogP contribution in [-0.4, -0.2) is 29.0 Å². The molecule has 6 heteroatoms. The summed E-state index contributed by atoms with van der Waals surface area (Å²) in [4.78, 5) is 23.8. The number of ketones is 1. The highest BCUT2D eigenvalue weighted by Gasteiger charge is 2.37. The number of carbonyl (C=O) groups is 2. The largest absolute Gasteiger partial charge is 0.535 e. The van der Waals surface area contributed by atoms with Crippen LogP contribution in [0, 0.1) is 0 Å². The van der Waals surface area contributed by atoms with Gasteiger partial charge in [0.25, 0.3) is 0 Å². The van der Waals surface area contributed by atoms with Crippen molar-refractivity contribution in [2.75, 3.05) is 0 Å². The number of hydrogen-bond acceptors (Lipinski definition) is 4. The number of carboxylic acids is 1. The fourth-order valence-corrected chi connectivity index (χ4v) is 3.84. The molecule has 0 saturated carbocycles. The lowest BCUT2D eigenvalue weighted by molar-refractivity contribution is -0.118. The van der Waals surface area contributed by atoms with Gasteiger partial charge in [0.2, 0.25) is 0 Å². The van der Waals surface area contributed by atoms with Crippen molar-refractivity contribution in [2.45, 2.75) is 31.5 Å². The zero-order valence-corrected chi connectivity index (χ0v) is 14.7. The van der Waals surface area contributed by atoms with Gasteiger partial charge in [0.15, 0.2) is 0 Å². The van der Waals surface area contributed by atoms with Gasteiger partial charge in [-0.1, -0.05) is 42.5 Å². The third-order valence-electron chi connectivity index (χ3n) is 5.18. The summed E-state index contributed by atoms with van der Waals surface area (Å²) in [5.74, 6) is -1.25. The van der Waals surface area contributed by atoms with Crippen molar-refractivity contribution in [1.29, 1.82) is 0 Å². The molecular weight excluding hydrogens is 343 g/mol. The number of benzene rings is 2. The van der Waals surface area contributed by atoms with Crippen molar-refractivity contribution < 1.29 is 24.4 Å². The average molecular weight is 362 g/mol. The molecule has 2 aromatic rings. The molecule has 2 N–H and O–H groups in total. The molecule has 2 aromatic carbocycles. The van der Waals surface area contributed by atoms with Crippen molar-refractivity contribution >= 4 is 24.9 Å². The van der Waals surface area contributed by atoms with Gasteiger partial charge in [0.1, 0.15) is 11.5 Å². The molecule has 1 atom stereocenters. The van der Waals surface area contributed by atoms with Crippen molar-refractivity contribution in [3.05, 3.63) is 70.3 Å². The molecule has 1 aliphatic carbocycles. The van der Waals surface area contributed by atoms with E-state index in [0.717, 1.165) is 12.0 Å². The number of fused-ring (bicyclic) bond motifs is 2. The second kappa shape index (κ2) is 7.04. The number of para-hydroxylation sites is 1. The summed E-state index contributed by atoms with van der Waals surface area (Å²) in [5, 5.41) is 19.5. The van der Waals surface area contributed by atoms with E-state index in [-0.39, 0.29) is 29.3 Å². The molecule has 1 heterocycles. The first-order valence-corrected chi connectivity index (χ1v) is 9.01. The summed E-state index contributed by atoms with van der Waals surface area (Å²) in [6.07, 6.45) is 6.01. The Balaban J connectivity index is 1.44. The SMILES string of the molecule is O=C(Cc1ccc2c(c1)CC=C2)C[C@H]1Cc2cccc(C(=O)O)c2OB1O. The average Bonchev–Trinajstić information content (AvgIpc) is 3.09. The quantitative estimate of drug-likeness (QED) is 0.799. The van der Waals surface area contributed by atoms with Crippen LogP contribution in [-0.2, 0) is 24.1 Å². The Kier molecular flexibility index (Phi) is 4.58. The molecule has 4 rings (SSSR count). The van der Waals surface area contributed by atoms with Crippen molar-refractivity contribution in [2.24, 2.45) is 0 Å². The zero-order chi connectivity index (χ0) is 19.0. The molecule has 0 saturated heterocycles. The van der Waals surface area contributed by atoms with Crippen LogP contribution in [0.5, 0.6) is 5.75 Å². The van der Waals surface area contributed by atoms with E-state index < -0.39 is 13.1 Å². The molecule has 0 fully saturated rings. The lowest BCUT2D eigenvalue weighted by atomic mass is 9.64. The predicted octanol–water partition coefficient (Wildman–Crippen LogP) is 2.94. The first-order chi connectivity index (χ1) is 13.0. The molecule has 0 bridgehead atoms. The number of hydrogen-bond donors (Lipinski definition) is 2. The highest BCUT2D eigenvalue weighted by molar-refractivity contribution is 6.47. The molecule has 0 aromatic heterocycles. The molecule has 0 spiro atoms. The topological polar surface area (TPSA) is 83.8 Å². The van der Waals surface area contributed by atoms with Crippen LogP contribution in [0.2, 0.25) is 5.82 Å². The molecule has 0 unspecified atom stereocenters. The Morgan fingerprint density at radius 1 is 1.19 bits per heavy atom. The molecule has 136 valence electrons. The summed E-state index contributed by atoms with van der Waals surface area (Å²) >= 11 is 0. The van der Waals surface area contributed by atoms with Gasteiger partial charge < -0.3 is 14.8 Å². The van der Waals surface area contributed by atoms with Crippen LogP contribution >= 0.6 is 0 Å². The molecule has 2 aliphatic rings. The zero-order valence-electron chi connectivity index (χ0n) is 14.7. The summed E-state index contributed by atoms with van der Waals surface area (Å²) in [6, 6.07) is 10.9. The smallest absolute Gasteiger partial charge is 0.526 e. The fraction of sp³-hybridized carbons (Fsp3) is 0.238. The van der Waals surface area contributed by atoms with E-state index >= 15 is 0 Å². The Bertz CT molecular complexity index is 950. The predicted molar refractivity (Wildman–Crippen MR) is 102 cm³/mol. The van der Waals surface area contributed by atoms with E-state index in [2.05, 4.69) is 18.2 Å². The van der Waals surface area contributed by atoms with Gasteiger partial charge in [0.05, 0.1) is 5.56 Å². The van der Waals surface area contributed by atoms with Gasteiger partial charge in [-0.2, -0.15) is 0 Å². The number of rotatable bonds is 5. The number of carboxylic acid groups (broad SMARTS) is 1. The van der Waals surface area contributed by atoms with E-state index in [4.69, 9.17) is 4.65 Å². The first kappa shape index (κ1) is 17.6. The van der Waals surface area contributed by atoms with E-state index in [1.807, 2.05) is 12.1 Å². The van der Waals surface area contributed by atoms with Crippen LogP contribution in [0.25, 0.3) is 6.08 Å². The lowest BCUT2D eigenvalue weighted by Gasteiger charge is -2.28. The second-order valence-electron chi connectivity index (χ2n) is 7.13. The summed E-state index contributed by atoms with van der Waals surface area (Å²) in [6.45, 7) is 0. The van der Waals surface area contributed by atoms with Crippen LogP contribution < -0.4 is 4.65 Å². The maximum atomic E-state index is 12.5. The molecular formula is C21H19BO5. The highest BCUT2D eigenvalue weighted by Crippen LogP contribution is 2.36. The molecule has 27 heavy (non-hydrogen) atoms. The van der Waals surface area contributed by atoms with Gasteiger partial charge in [-0.25, -0.2) is 4.79 Å². The minimum atomic E-state index is -1.19. The number of carbonyl (C=O) groups excluding carboxylic acids is 1. The van der Waals surface area contributed by atoms with Gasteiger partial charge in [-0.3, -0.25) is 4.79 Å². The Labute approximate surface area is 157 Å². The maximum Gasteiger partial charge on any atom is 0.526 e. The minimum absolute atomic E-state index is 0.0306. The van der Waals surface area contributed by atoms with Crippen molar-refractivity contribution in [1.82, 2.24) is 0 Å². The monoisotopic (exact) mass is 362 g/mol. The minimum Gasteiger partial charge on any atom is -0.535 e. The van der Waals surface area contributed by atoms with E-state index in [9.17, 15) is 19.7 Å². The fourth-order valence-electron chi connectivity index (χ4n) is 3.84. The standard InChI is InChI=1S/C21H19BO5/c23-18(10-13-7-8-14-3-1-4-15(14)9-13)12-17-11-16-5-2-6-19(21(24)25)20(16)27-22(17)26/h1-3,5-9,17,26H,4,10-12H2,(H,24,25)/t17-/m1/s1. The maximum absolute atomic E-state index is 12.5. The number of allylic oxidation sites excluding steroid dienone is 1. The normalized spacial score (nSPS) is 17.2. The van der Waals surface area contributed by atoms with Crippen LogP contribution in [0.4, 0.5) is 0 Å². The Morgan fingerprint density at radius 3 is 2.85 bits per heavy atom. The third-order valence-corrected chi connectivity index (χ3v) is 5.18. The van der Waals surface area contributed by atoms with Gasteiger partial charge in [-0.05, 0) is 41.2 Å². The third kappa shape index (κ3) is 3.53. The molecule has 0 amide bonds. The van der Waals surface area contributed by atoms with Crippen molar-refractivity contribution in [3.63, 3.8) is 0 Å². The summed E-state index contributed by atoms with van der Waals surface area (Å²) < 4.78 is 5.46. The summed E-state index contributed by atoms with van der Waals surface area (Å²) in [5.41, 5.74) is 4.15. The molecule has 1 aliphatic heterocycles. The Morgan fingerprint density at radius 2 is 2.04 bits per heavy atom. The van der Waals surface area contributed by atoms with Gasteiger partial charge in [0, 0.05) is 18.7 Å². The highest BCUT2D eigenvalue weighted by atomic mass is 16.5. The number of aromatic carboxylic acids is 1.